The molecule has 0 spiro atoms. The second-order valence-electron chi connectivity index (χ2n) is 5.96. The number of anilines is 1. The van der Waals surface area contributed by atoms with E-state index >= 15 is 0 Å². The Morgan fingerprint density at radius 3 is 2.87 bits per heavy atom. The Labute approximate surface area is 137 Å². The summed E-state index contributed by atoms with van der Waals surface area (Å²) < 4.78 is 5.22. The lowest BCUT2D eigenvalue weighted by molar-refractivity contribution is 0.0636. The summed E-state index contributed by atoms with van der Waals surface area (Å²) in [4.78, 5) is 16.9. The van der Waals surface area contributed by atoms with E-state index in [9.17, 15) is 4.79 Å². The summed E-state index contributed by atoms with van der Waals surface area (Å²) in [7, 11) is 0. The van der Waals surface area contributed by atoms with Gasteiger partial charge in [0.15, 0.2) is 5.13 Å². The molecule has 2 aromatic heterocycles. The van der Waals surface area contributed by atoms with Crippen molar-refractivity contribution in [3.05, 3.63) is 36.7 Å². The summed E-state index contributed by atoms with van der Waals surface area (Å²) in [5.41, 5.74) is 1.32. The largest absolute Gasteiger partial charge is 0.444 e. The Hall–Kier alpha value is -2.54. The van der Waals surface area contributed by atoms with E-state index < -0.39 is 11.7 Å². The van der Waals surface area contributed by atoms with Crippen LogP contribution in [0.3, 0.4) is 0 Å². The Morgan fingerprint density at radius 2 is 2.09 bits per heavy atom. The van der Waals surface area contributed by atoms with Crippen LogP contribution in [0.2, 0.25) is 0 Å². The highest BCUT2D eigenvalue weighted by Crippen LogP contribution is 2.30. The highest BCUT2D eigenvalue weighted by molar-refractivity contribution is 7.19. The molecule has 0 fully saturated rings. The zero-order valence-electron chi connectivity index (χ0n) is 13.0. The van der Waals surface area contributed by atoms with Crippen molar-refractivity contribution < 1.29 is 9.53 Å². The van der Waals surface area contributed by atoms with Crippen molar-refractivity contribution in [2.75, 3.05) is 5.32 Å². The van der Waals surface area contributed by atoms with Gasteiger partial charge < -0.3 is 4.74 Å². The minimum absolute atomic E-state index is 0.502. The van der Waals surface area contributed by atoms with Gasteiger partial charge >= 0.3 is 6.09 Å². The lowest BCUT2D eigenvalue weighted by Crippen LogP contribution is -2.27. The molecule has 7 heteroatoms. The maximum absolute atomic E-state index is 11.8. The highest BCUT2D eigenvalue weighted by Gasteiger charge is 2.17. The van der Waals surface area contributed by atoms with Crippen LogP contribution in [-0.4, -0.2) is 26.9 Å². The molecule has 0 atom stereocenters. The van der Waals surface area contributed by atoms with Gasteiger partial charge in [0.2, 0.25) is 0 Å². The maximum Gasteiger partial charge on any atom is 0.413 e. The first-order valence-electron chi connectivity index (χ1n) is 7.08. The third-order valence-electron chi connectivity index (χ3n) is 2.91. The zero-order valence-corrected chi connectivity index (χ0v) is 13.8. The first-order chi connectivity index (χ1) is 10.9. The normalized spacial score (nSPS) is 11.4. The quantitative estimate of drug-likeness (QED) is 0.766. The molecule has 2 heterocycles. The molecule has 0 unspecified atom stereocenters. The van der Waals surface area contributed by atoms with Crippen LogP contribution in [0.1, 0.15) is 20.8 Å². The number of aromatic nitrogens is 3. The number of carbonyl (C=O) groups is 1. The van der Waals surface area contributed by atoms with Gasteiger partial charge in [-0.25, -0.2) is 9.78 Å². The van der Waals surface area contributed by atoms with Crippen LogP contribution in [0.5, 0.6) is 0 Å². The van der Waals surface area contributed by atoms with E-state index in [0.717, 1.165) is 21.3 Å². The molecule has 23 heavy (non-hydrogen) atoms. The van der Waals surface area contributed by atoms with Gasteiger partial charge in [0.1, 0.15) is 5.60 Å². The number of fused-ring (bicyclic) bond motifs is 1. The maximum atomic E-state index is 11.8. The van der Waals surface area contributed by atoms with E-state index in [1.165, 1.54) is 11.3 Å². The van der Waals surface area contributed by atoms with Gasteiger partial charge in [-0.05, 0) is 44.5 Å². The third-order valence-corrected chi connectivity index (χ3v) is 3.87. The van der Waals surface area contributed by atoms with Crippen molar-refractivity contribution in [1.29, 1.82) is 0 Å². The number of hydrogen-bond donors (Lipinski definition) is 1. The minimum atomic E-state index is -0.538. The van der Waals surface area contributed by atoms with Crippen molar-refractivity contribution in [2.24, 2.45) is 0 Å². The predicted octanol–water partition coefficient (Wildman–Crippen LogP) is 4.10. The van der Waals surface area contributed by atoms with Gasteiger partial charge in [-0.3, -0.25) is 5.32 Å². The molecule has 1 N–H and O–H groups in total. The molecule has 0 saturated heterocycles. The van der Waals surface area contributed by atoms with E-state index in [2.05, 4.69) is 20.5 Å². The Kier molecular flexibility index (Phi) is 3.96. The molecular weight excluding hydrogens is 312 g/mol. The number of nitrogens with one attached hydrogen (secondary N) is 1. The highest BCUT2D eigenvalue weighted by atomic mass is 32.1. The summed E-state index contributed by atoms with van der Waals surface area (Å²) in [6.07, 6.45) is 2.88. The lowest BCUT2D eigenvalue weighted by Gasteiger charge is -2.18. The van der Waals surface area contributed by atoms with Crippen molar-refractivity contribution in [1.82, 2.24) is 15.2 Å². The molecule has 3 aromatic rings. The van der Waals surface area contributed by atoms with Crippen LogP contribution in [0.15, 0.2) is 36.7 Å². The van der Waals surface area contributed by atoms with E-state index in [1.807, 2.05) is 45.0 Å². The number of carbonyl (C=O) groups excluding carboxylic acids is 1. The number of rotatable bonds is 2. The fraction of sp³-hybridized carbons (Fsp3) is 0.250. The molecule has 3 rings (SSSR count). The van der Waals surface area contributed by atoms with Crippen LogP contribution in [0, 0.1) is 0 Å². The first kappa shape index (κ1) is 15.4. The molecule has 0 aliphatic heterocycles. The second-order valence-corrected chi connectivity index (χ2v) is 6.99. The van der Waals surface area contributed by atoms with E-state index in [-0.39, 0.29) is 0 Å². The van der Waals surface area contributed by atoms with Gasteiger partial charge in [0.25, 0.3) is 0 Å². The van der Waals surface area contributed by atoms with Crippen molar-refractivity contribution in [3.8, 4) is 10.4 Å². The summed E-state index contributed by atoms with van der Waals surface area (Å²) in [6, 6.07) is 7.81. The molecule has 0 radical (unpaired) electrons. The van der Waals surface area contributed by atoms with Crippen LogP contribution in [0.25, 0.3) is 21.3 Å². The summed E-state index contributed by atoms with van der Waals surface area (Å²) in [5.74, 6) is 0. The van der Waals surface area contributed by atoms with E-state index in [1.54, 1.807) is 12.4 Å². The van der Waals surface area contributed by atoms with Crippen molar-refractivity contribution >= 4 is 33.5 Å². The topological polar surface area (TPSA) is 77.0 Å². The number of hydrogen-bond acceptors (Lipinski definition) is 6. The third kappa shape index (κ3) is 3.81. The Morgan fingerprint density at radius 1 is 1.26 bits per heavy atom. The summed E-state index contributed by atoms with van der Waals surface area (Å²) in [6.45, 7) is 5.45. The fourth-order valence-electron chi connectivity index (χ4n) is 2.00. The van der Waals surface area contributed by atoms with Gasteiger partial charge in [-0.15, -0.1) is 0 Å². The smallest absolute Gasteiger partial charge is 0.413 e. The number of nitrogens with zero attached hydrogens (tertiary/aromatic N) is 3. The molecule has 6 nitrogen and oxygen atoms in total. The van der Waals surface area contributed by atoms with E-state index in [4.69, 9.17) is 4.74 Å². The van der Waals surface area contributed by atoms with Gasteiger partial charge in [0.05, 0.1) is 16.6 Å². The van der Waals surface area contributed by atoms with Gasteiger partial charge in [0, 0.05) is 11.6 Å². The van der Waals surface area contributed by atoms with Crippen LogP contribution in [-0.2, 0) is 4.74 Å². The summed E-state index contributed by atoms with van der Waals surface area (Å²) in [5, 5.41) is 12.1. The zero-order chi connectivity index (χ0) is 16.4. The number of thiazole rings is 1. The predicted molar refractivity (Wildman–Crippen MR) is 90.5 cm³/mol. The van der Waals surface area contributed by atoms with Gasteiger partial charge in [-0.2, -0.15) is 10.2 Å². The van der Waals surface area contributed by atoms with Crippen molar-refractivity contribution in [2.45, 2.75) is 26.4 Å². The number of benzene rings is 1. The van der Waals surface area contributed by atoms with Crippen LogP contribution in [0.4, 0.5) is 9.93 Å². The average molecular weight is 328 g/mol. The Balaban J connectivity index is 1.79. The molecule has 118 valence electrons. The number of amides is 1. The lowest BCUT2D eigenvalue weighted by atomic mass is 10.1. The van der Waals surface area contributed by atoms with Crippen molar-refractivity contribution in [3.63, 3.8) is 0 Å². The molecule has 0 bridgehead atoms. The van der Waals surface area contributed by atoms with E-state index in [0.29, 0.717) is 5.13 Å². The van der Waals surface area contributed by atoms with Crippen LogP contribution < -0.4 is 5.32 Å². The second kappa shape index (κ2) is 5.92. The van der Waals surface area contributed by atoms with Gasteiger partial charge in [-0.1, -0.05) is 17.4 Å². The molecule has 1 amide bonds. The molecule has 0 aliphatic carbocycles. The first-order valence-corrected chi connectivity index (χ1v) is 7.90. The SMILES string of the molecule is CC(C)(C)OC(=O)Nc1ncc(-c2ccc3nnccc3c2)s1. The monoisotopic (exact) mass is 328 g/mol. The Bertz CT molecular complexity index is 854. The molecular formula is C16H16N4O2S. The standard InChI is InChI=1S/C16H16N4O2S/c1-16(2,3)22-15(21)19-14-17-9-13(23-14)11-4-5-12-10(8-11)6-7-18-20-12/h4-9H,1-3H3,(H,17,19,21). The fourth-order valence-corrected chi connectivity index (χ4v) is 2.80. The van der Waals surface area contributed by atoms with Crippen LogP contribution >= 0.6 is 11.3 Å². The minimum Gasteiger partial charge on any atom is -0.444 e. The summed E-state index contributed by atoms with van der Waals surface area (Å²) >= 11 is 1.39. The average Bonchev–Trinajstić information content (AvgIpc) is 2.93. The number of ether oxygens (including phenoxy) is 1. The molecule has 0 aliphatic rings. The molecule has 0 saturated carbocycles. The molecule has 1 aromatic carbocycles.